The van der Waals surface area contributed by atoms with Crippen LogP contribution in [0.1, 0.15) is 82.0 Å². The van der Waals surface area contributed by atoms with E-state index in [1.165, 1.54) is 16.0 Å². The Morgan fingerprint density at radius 1 is 1.16 bits per heavy atom. The summed E-state index contributed by atoms with van der Waals surface area (Å²) in [5, 5.41) is 2.13. The molecule has 0 saturated carbocycles. The van der Waals surface area contributed by atoms with Crippen molar-refractivity contribution in [3.63, 3.8) is 0 Å². The van der Waals surface area contributed by atoms with E-state index in [2.05, 4.69) is 56.5 Å². The number of benzene rings is 1. The summed E-state index contributed by atoms with van der Waals surface area (Å²) in [5.74, 6) is 0.0880. The normalized spacial score (nSPS) is 16.4. The molecular formula is C26H36N2O2S. The van der Waals surface area contributed by atoms with Crippen molar-refractivity contribution >= 4 is 23.2 Å². The van der Waals surface area contributed by atoms with Crippen molar-refractivity contribution < 1.29 is 9.59 Å². The molecule has 0 aliphatic carbocycles. The lowest BCUT2D eigenvalue weighted by Crippen LogP contribution is -2.48. The molecule has 0 spiro atoms. The quantitative estimate of drug-likeness (QED) is 0.590. The molecule has 4 nitrogen and oxygen atoms in total. The number of carbonyl (C=O) groups is 2. The van der Waals surface area contributed by atoms with Gasteiger partial charge in [0.25, 0.3) is 0 Å². The van der Waals surface area contributed by atoms with Gasteiger partial charge in [0.2, 0.25) is 11.8 Å². The minimum absolute atomic E-state index is 0.00835. The van der Waals surface area contributed by atoms with E-state index in [1.807, 2.05) is 25.7 Å². The zero-order chi connectivity index (χ0) is 22.8. The minimum atomic E-state index is -0.0909. The highest BCUT2D eigenvalue weighted by Crippen LogP contribution is 2.38. The lowest BCUT2D eigenvalue weighted by Gasteiger charge is -2.38. The van der Waals surface area contributed by atoms with E-state index >= 15 is 0 Å². The van der Waals surface area contributed by atoms with Gasteiger partial charge < -0.3 is 9.80 Å². The summed E-state index contributed by atoms with van der Waals surface area (Å²) >= 11 is 1.77. The standard InChI is InChI=1S/C26H36N2O2S/c1-7-8-23(29)28(18(2)3)17-24(30)27-15-13-22-21(14-16-31-22)25(27)19-9-11-20(12-10-19)26(4,5)6/h9-12,14,16,18,25H,7-8,13,15,17H2,1-6H3. The van der Waals surface area contributed by atoms with Crippen LogP contribution >= 0.6 is 11.3 Å². The first-order chi connectivity index (χ1) is 14.6. The molecule has 0 bridgehead atoms. The molecule has 1 aliphatic rings. The van der Waals surface area contributed by atoms with Gasteiger partial charge in [0.1, 0.15) is 6.54 Å². The van der Waals surface area contributed by atoms with Gasteiger partial charge >= 0.3 is 0 Å². The summed E-state index contributed by atoms with van der Waals surface area (Å²) in [7, 11) is 0. The van der Waals surface area contributed by atoms with Crippen LogP contribution < -0.4 is 0 Å². The third-order valence-corrected chi connectivity index (χ3v) is 7.09. The van der Waals surface area contributed by atoms with Crippen molar-refractivity contribution in [2.75, 3.05) is 13.1 Å². The molecular weight excluding hydrogens is 404 g/mol. The van der Waals surface area contributed by atoms with Crippen molar-refractivity contribution in [2.24, 2.45) is 0 Å². The summed E-state index contributed by atoms with van der Waals surface area (Å²) in [5.41, 5.74) is 3.73. The second kappa shape index (κ2) is 9.56. The largest absolute Gasteiger partial charge is 0.331 e. The van der Waals surface area contributed by atoms with Crippen LogP contribution in [0, 0.1) is 0 Å². The molecule has 0 saturated heterocycles. The molecule has 1 aromatic heterocycles. The number of nitrogens with zero attached hydrogens (tertiary/aromatic N) is 2. The van der Waals surface area contributed by atoms with Gasteiger partial charge in [0.15, 0.2) is 0 Å². The van der Waals surface area contributed by atoms with Gasteiger partial charge in [-0.05, 0) is 60.2 Å². The first kappa shape index (κ1) is 23.5. The molecule has 2 amide bonds. The number of hydrogen-bond donors (Lipinski definition) is 0. The summed E-state index contributed by atoms with van der Waals surface area (Å²) in [6.45, 7) is 13.4. The van der Waals surface area contributed by atoms with Crippen LogP contribution in [0.2, 0.25) is 0 Å². The van der Waals surface area contributed by atoms with Crippen LogP contribution in [-0.2, 0) is 21.4 Å². The van der Waals surface area contributed by atoms with Crippen molar-refractivity contribution in [1.82, 2.24) is 9.80 Å². The molecule has 0 N–H and O–H groups in total. The highest BCUT2D eigenvalue weighted by atomic mass is 32.1. The fourth-order valence-corrected chi connectivity index (χ4v) is 5.17. The molecule has 5 heteroatoms. The minimum Gasteiger partial charge on any atom is -0.331 e. The topological polar surface area (TPSA) is 40.6 Å². The van der Waals surface area contributed by atoms with E-state index in [9.17, 15) is 9.59 Å². The number of hydrogen-bond acceptors (Lipinski definition) is 3. The van der Waals surface area contributed by atoms with Gasteiger partial charge in [-0.3, -0.25) is 9.59 Å². The third-order valence-electron chi connectivity index (χ3n) is 6.09. The van der Waals surface area contributed by atoms with E-state index in [0.29, 0.717) is 13.0 Å². The maximum atomic E-state index is 13.5. The maximum Gasteiger partial charge on any atom is 0.243 e. The number of amides is 2. The number of thiophene rings is 1. The molecule has 2 aromatic rings. The number of rotatable bonds is 6. The molecule has 168 valence electrons. The first-order valence-corrected chi connectivity index (χ1v) is 12.3. The Kier molecular flexibility index (Phi) is 7.25. The molecule has 0 radical (unpaired) electrons. The average Bonchev–Trinajstić information content (AvgIpc) is 3.19. The van der Waals surface area contributed by atoms with E-state index in [-0.39, 0.29) is 35.9 Å². The Balaban J connectivity index is 1.91. The Morgan fingerprint density at radius 2 is 1.84 bits per heavy atom. The monoisotopic (exact) mass is 440 g/mol. The summed E-state index contributed by atoms with van der Waals surface area (Å²) < 4.78 is 0. The molecule has 1 aromatic carbocycles. The van der Waals surface area contributed by atoms with E-state index in [4.69, 9.17) is 0 Å². The maximum absolute atomic E-state index is 13.5. The van der Waals surface area contributed by atoms with Gasteiger partial charge in [0, 0.05) is 23.9 Å². The smallest absolute Gasteiger partial charge is 0.243 e. The number of fused-ring (bicyclic) bond motifs is 1. The average molecular weight is 441 g/mol. The van der Waals surface area contributed by atoms with Gasteiger partial charge in [-0.2, -0.15) is 0 Å². The van der Waals surface area contributed by atoms with Crippen LogP contribution in [0.15, 0.2) is 35.7 Å². The van der Waals surface area contributed by atoms with Crippen LogP contribution in [0.5, 0.6) is 0 Å². The molecule has 2 heterocycles. The number of carbonyl (C=O) groups excluding carboxylic acids is 2. The van der Waals surface area contributed by atoms with Crippen LogP contribution in [-0.4, -0.2) is 40.7 Å². The zero-order valence-corrected chi connectivity index (χ0v) is 20.6. The van der Waals surface area contributed by atoms with Crippen molar-refractivity contribution in [1.29, 1.82) is 0 Å². The van der Waals surface area contributed by atoms with Gasteiger partial charge in [-0.1, -0.05) is 52.0 Å². The summed E-state index contributed by atoms with van der Waals surface area (Å²) in [4.78, 5) is 31.2. The zero-order valence-electron chi connectivity index (χ0n) is 19.8. The second-order valence-electron chi connectivity index (χ2n) is 9.78. The highest BCUT2D eigenvalue weighted by molar-refractivity contribution is 7.10. The van der Waals surface area contributed by atoms with E-state index < -0.39 is 0 Å². The Morgan fingerprint density at radius 3 is 2.42 bits per heavy atom. The highest BCUT2D eigenvalue weighted by Gasteiger charge is 2.34. The Labute approximate surface area is 191 Å². The van der Waals surface area contributed by atoms with Gasteiger partial charge in [0.05, 0.1) is 6.04 Å². The summed E-state index contributed by atoms with van der Waals surface area (Å²) in [6.07, 6.45) is 2.15. The molecule has 31 heavy (non-hydrogen) atoms. The Bertz CT molecular complexity index is 908. The van der Waals surface area contributed by atoms with E-state index in [0.717, 1.165) is 18.4 Å². The third kappa shape index (κ3) is 5.20. The molecule has 1 atom stereocenters. The first-order valence-electron chi connectivity index (χ1n) is 11.4. The van der Waals surface area contributed by atoms with E-state index in [1.54, 1.807) is 16.2 Å². The Hall–Kier alpha value is -2.14. The molecule has 0 fully saturated rings. The van der Waals surface area contributed by atoms with Crippen molar-refractivity contribution in [3.8, 4) is 0 Å². The predicted molar refractivity (Wildman–Crippen MR) is 128 cm³/mol. The van der Waals surface area contributed by atoms with Crippen molar-refractivity contribution in [2.45, 2.75) is 78.3 Å². The van der Waals surface area contributed by atoms with Crippen LogP contribution in [0.25, 0.3) is 0 Å². The summed E-state index contributed by atoms with van der Waals surface area (Å²) in [6, 6.07) is 10.8. The second-order valence-corrected chi connectivity index (χ2v) is 10.8. The fourth-order valence-electron chi connectivity index (χ4n) is 4.26. The van der Waals surface area contributed by atoms with Crippen LogP contribution in [0.3, 0.4) is 0 Å². The predicted octanol–water partition coefficient (Wildman–Crippen LogP) is 5.56. The SMILES string of the molecule is CCCC(=O)N(CC(=O)N1CCc2sccc2C1c1ccc(C(C)(C)C)cc1)C(C)C. The fraction of sp³-hybridized carbons (Fsp3) is 0.538. The van der Waals surface area contributed by atoms with Crippen molar-refractivity contribution in [3.05, 3.63) is 57.3 Å². The van der Waals surface area contributed by atoms with Gasteiger partial charge in [-0.15, -0.1) is 11.3 Å². The molecule has 1 unspecified atom stereocenters. The lowest BCUT2D eigenvalue weighted by atomic mass is 9.85. The van der Waals surface area contributed by atoms with Crippen LogP contribution in [0.4, 0.5) is 0 Å². The lowest BCUT2D eigenvalue weighted by molar-refractivity contribution is -0.143. The van der Waals surface area contributed by atoms with Gasteiger partial charge in [-0.25, -0.2) is 0 Å². The molecule has 3 rings (SSSR count). The molecule has 1 aliphatic heterocycles.